The van der Waals surface area contributed by atoms with Crippen molar-refractivity contribution < 1.29 is 4.39 Å². The van der Waals surface area contributed by atoms with Crippen LogP contribution >= 0.6 is 0 Å². The molecule has 0 spiro atoms. The number of aromatic nitrogens is 3. The van der Waals surface area contributed by atoms with Crippen LogP contribution in [-0.2, 0) is 6.42 Å². The number of fused-ring (bicyclic) bond motifs is 1. The van der Waals surface area contributed by atoms with Crippen LogP contribution in [0.5, 0.6) is 0 Å². The summed E-state index contributed by atoms with van der Waals surface area (Å²) in [6, 6.07) is 10.4. The Hall–Kier alpha value is -2.43. The lowest BCUT2D eigenvalue weighted by molar-refractivity contribution is 0.625. The van der Waals surface area contributed by atoms with Crippen LogP contribution in [0.4, 0.5) is 10.2 Å². The summed E-state index contributed by atoms with van der Waals surface area (Å²) in [5.74, 6) is 0.598. The number of halogens is 1. The lowest BCUT2D eigenvalue weighted by Crippen LogP contribution is -2.07. The number of rotatable bonds is 4. The van der Waals surface area contributed by atoms with Gasteiger partial charge in [-0.3, -0.25) is 0 Å². The van der Waals surface area contributed by atoms with Gasteiger partial charge in [-0.2, -0.15) is 5.10 Å². The third-order valence-corrected chi connectivity index (χ3v) is 2.87. The molecule has 0 aliphatic heterocycles. The first kappa shape index (κ1) is 11.6. The van der Waals surface area contributed by atoms with Gasteiger partial charge in [-0.05, 0) is 30.2 Å². The number of hydrogen-bond acceptors (Lipinski definition) is 3. The van der Waals surface area contributed by atoms with E-state index in [-0.39, 0.29) is 5.82 Å². The molecule has 4 nitrogen and oxygen atoms in total. The molecule has 3 rings (SSSR count). The van der Waals surface area contributed by atoms with Crippen LogP contribution in [0.2, 0.25) is 0 Å². The van der Waals surface area contributed by atoms with E-state index in [1.807, 2.05) is 24.4 Å². The average molecular weight is 256 g/mol. The fourth-order valence-corrected chi connectivity index (χ4v) is 1.94. The lowest BCUT2D eigenvalue weighted by Gasteiger charge is -2.06. The zero-order valence-electron chi connectivity index (χ0n) is 10.3. The Kier molecular flexibility index (Phi) is 3.10. The third kappa shape index (κ3) is 2.70. The summed E-state index contributed by atoms with van der Waals surface area (Å²) < 4.78 is 14.7. The van der Waals surface area contributed by atoms with Gasteiger partial charge in [0.15, 0.2) is 5.65 Å². The monoisotopic (exact) mass is 256 g/mol. The molecule has 0 aliphatic carbocycles. The van der Waals surface area contributed by atoms with Crippen molar-refractivity contribution in [1.29, 1.82) is 0 Å². The van der Waals surface area contributed by atoms with E-state index >= 15 is 0 Å². The smallest absolute Gasteiger partial charge is 0.157 e. The van der Waals surface area contributed by atoms with Gasteiger partial charge in [0.1, 0.15) is 11.6 Å². The molecule has 2 aromatic heterocycles. The third-order valence-electron chi connectivity index (χ3n) is 2.87. The SMILES string of the molecule is Fc1cccc(CCNc2ccn3nccc3n2)c1. The van der Waals surface area contributed by atoms with Gasteiger partial charge in [-0.25, -0.2) is 13.9 Å². The molecular weight excluding hydrogens is 243 g/mol. The lowest BCUT2D eigenvalue weighted by atomic mass is 10.1. The van der Waals surface area contributed by atoms with Crippen molar-refractivity contribution in [3.05, 3.63) is 60.2 Å². The van der Waals surface area contributed by atoms with E-state index in [1.165, 1.54) is 6.07 Å². The molecule has 0 radical (unpaired) electrons. The van der Waals surface area contributed by atoms with Gasteiger partial charge < -0.3 is 5.32 Å². The normalized spacial score (nSPS) is 10.8. The first-order chi connectivity index (χ1) is 9.31. The molecule has 0 bridgehead atoms. The minimum Gasteiger partial charge on any atom is -0.370 e. The largest absolute Gasteiger partial charge is 0.370 e. The van der Waals surface area contributed by atoms with Crippen LogP contribution in [0.3, 0.4) is 0 Å². The van der Waals surface area contributed by atoms with Crippen molar-refractivity contribution in [1.82, 2.24) is 14.6 Å². The van der Waals surface area contributed by atoms with Crippen LogP contribution in [0.15, 0.2) is 48.8 Å². The molecule has 0 amide bonds. The first-order valence-corrected chi connectivity index (χ1v) is 6.10. The zero-order chi connectivity index (χ0) is 13.1. The van der Waals surface area contributed by atoms with Crippen molar-refractivity contribution in [2.45, 2.75) is 6.42 Å². The van der Waals surface area contributed by atoms with Crippen molar-refractivity contribution >= 4 is 11.5 Å². The molecule has 0 aliphatic rings. The molecule has 0 fully saturated rings. The van der Waals surface area contributed by atoms with E-state index in [0.717, 1.165) is 23.4 Å². The fourth-order valence-electron chi connectivity index (χ4n) is 1.94. The first-order valence-electron chi connectivity index (χ1n) is 6.10. The minimum atomic E-state index is -0.198. The summed E-state index contributed by atoms with van der Waals surface area (Å²) in [7, 11) is 0. The molecule has 5 heteroatoms. The molecule has 0 atom stereocenters. The second-order valence-corrected chi connectivity index (χ2v) is 4.25. The maximum atomic E-state index is 13.0. The fraction of sp³-hybridized carbons (Fsp3) is 0.143. The highest BCUT2D eigenvalue weighted by Crippen LogP contribution is 2.07. The standard InChI is InChI=1S/C14H13FN4/c15-12-3-1-2-11(10-12)4-7-16-13-6-9-19-14(18-13)5-8-17-19/h1-3,5-6,8-10H,4,7H2,(H,16,18). The Morgan fingerprint density at radius 3 is 3.05 bits per heavy atom. The second kappa shape index (κ2) is 5.06. The van der Waals surface area contributed by atoms with Crippen LogP contribution < -0.4 is 5.32 Å². The molecular formula is C14H13FN4. The summed E-state index contributed by atoms with van der Waals surface area (Å²) in [5.41, 5.74) is 1.77. The van der Waals surface area contributed by atoms with E-state index in [9.17, 15) is 4.39 Å². The summed E-state index contributed by atoms with van der Waals surface area (Å²) in [6.07, 6.45) is 4.32. The van der Waals surface area contributed by atoms with Gasteiger partial charge in [0.2, 0.25) is 0 Å². The van der Waals surface area contributed by atoms with Gasteiger partial charge in [0.05, 0.1) is 6.20 Å². The van der Waals surface area contributed by atoms with Crippen molar-refractivity contribution in [2.24, 2.45) is 0 Å². The average Bonchev–Trinajstić information content (AvgIpc) is 2.86. The van der Waals surface area contributed by atoms with E-state index in [4.69, 9.17) is 0 Å². The van der Waals surface area contributed by atoms with E-state index in [2.05, 4.69) is 15.4 Å². The van der Waals surface area contributed by atoms with Gasteiger partial charge in [0, 0.05) is 18.8 Å². The molecule has 0 unspecified atom stereocenters. The summed E-state index contributed by atoms with van der Waals surface area (Å²) in [4.78, 5) is 4.40. The number of anilines is 1. The van der Waals surface area contributed by atoms with Gasteiger partial charge in [0.25, 0.3) is 0 Å². The summed E-state index contributed by atoms with van der Waals surface area (Å²) in [6.45, 7) is 0.709. The number of hydrogen-bond donors (Lipinski definition) is 1. The number of nitrogens with zero attached hydrogens (tertiary/aromatic N) is 3. The predicted octanol–water partition coefficient (Wildman–Crippen LogP) is 2.52. The van der Waals surface area contributed by atoms with E-state index in [0.29, 0.717) is 6.54 Å². The maximum Gasteiger partial charge on any atom is 0.157 e. The topological polar surface area (TPSA) is 42.2 Å². The molecule has 2 heterocycles. The zero-order valence-corrected chi connectivity index (χ0v) is 10.3. The van der Waals surface area contributed by atoms with Crippen molar-refractivity contribution in [3.63, 3.8) is 0 Å². The van der Waals surface area contributed by atoms with Gasteiger partial charge in [-0.15, -0.1) is 0 Å². The maximum absolute atomic E-state index is 13.0. The Balaban J connectivity index is 1.62. The molecule has 96 valence electrons. The molecule has 1 aromatic carbocycles. The Morgan fingerprint density at radius 1 is 1.21 bits per heavy atom. The Morgan fingerprint density at radius 2 is 2.16 bits per heavy atom. The summed E-state index contributed by atoms with van der Waals surface area (Å²) in [5, 5.41) is 7.30. The van der Waals surface area contributed by atoms with Crippen LogP contribution in [0.25, 0.3) is 5.65 Å². The van der Waals surface area contributed by atoms with Crippen molar-refractivity contribution in [2.75, 3.05) is 11.9 Å². The molecule has 1 N–H and O–H groups in total. The molecule has 19 heavy (non-hydrogen) atoms. The van der Waals surface area contributed by atoms with Crippen molar-refractivity contribution in [3.8, 4) is 0 Å². The van der Waals surface area contributed by atoms with E-state index < -0.39 is 0 Å². The highest BCUT2D eigenvalue weighted by Gasteiger charge is 1.99. The van der Waals surface area contributed by atoms with Crippen LogP contribution in [0, 0.1) is 5.82 Å². The molecule has 3 aromatic rings. The Labute approximate surface area is 109 Å². The van der Waals surface area contributed by atoms with E-state index in [1.54, 1.807) is 22.8 Å². The number of nitrogens with one attached hydrogen (secondary N) is 1. The highest BCUT2D eigenvalue weighted by molar-refractivity contribution is 5.45. The molecule has 0 saturated heterocycles. The van der Waals surface area contributed by atoms with Crippen LogP contribution in [0.1, 0.15) is 5.56 Å². The Bertz CT molecular complexity index is 692. The number of benzene rings is 1. The predicted molar refractivity (Wildman–Crippen MR) is 71.6 cm³/mol. The minimum absolute atomic E-state index is 0.198. The quantitative estimate of drug-likeness (QED) is 0.780. The summed E-state index contributed by atoms with van der Waals surface area (Å²) >= 11 is 0. The van der Waals surface area contributed by atoms with Gasteiger partial charge in [-0.1, -0.05) is 12.1 Å². The van der Waals surface area contributed by atoms with Crippen LogP contribution in [-0.4, -0.2) is 21.1 Å². The highest BCUT2D eigenvalue weighted by atomic mass is 19.1. The second-order valence-electron chi connectivity index (χ2n) is 4.25. The molecule has 0 saturated carbocycles. The van der Waals surface area contributed by atoms with Gasteiger partial charge >= 0.3 is 0 Å².